The first-order valence-electron chi connectivity index (χ1n) is 6.31. The summed E-state index contributed by atoms with van der Waals surface area (Å²) in [5.74, 6) is -0.491. The number of carbonyl (C=O) groups excluding carboxylic acids is 1. The third kappa shape index (κ3) is 4.77. The zero-order chi connectivity index (χ0) is 17.0. The molecule has 8 heteroatoms. The molecule has 0 atom stereocenters. The van der Waals surface area contributed by atoms with E-state index < -0.39 is 29.9 Å². The quantitative estimate of drug-likeness (QED) is 0.827. The molecule has 2 aromatic carbocycles. The van der Waals surface area contributed by atoms with Crippen molar-refractivity contribution in [3.63, 3.8) is 0 Å². The average Bonchev–Trinajstić information content (AvgIpc) is 2.47. The maximum atomic E-state index is 12.9. The standard InChI is InChI=1S/C15H10Cl2F3NO2/c16-9-5-6-12(10(7-9)15(18,19)20)21-14(22)8-23-13-4-2-1-3-11(13)17/h1-7H,8H2,(H,21,22). The summed E-state index contributed by atoms with van der Waals surface area (Å²) in [6.45, 7) is -0.482. The number of hydrogen-bond donors (Lipinski definition) is 1. The minimum atomic E-state index is -4.64. The topological polar surface area (TPSA) is 38.3 Å². The van der Waals surface area contributed by atoms with Crippen LogP contribution in [0.5, 0.6) is 5.75 Å². The summed E-state index contributed by atoms with van der Waals surface area (Å²) in [5, 5.41) is 2.36. The monoisotopic (exact) mass is 363 g/mol. The number of hydrogen-bond acceptors (Lipinski definition) is 2. The predicted molar refractivity (Wildman–Crippen MR) is 82.0 cm³/mol. The summed E-state index contributed by atoms with van der Waals surface area (Å²) < 4.78 is 43.9. The van der Waals surface area contributed by atoms with Crippen LogP contribution in [0.15, 0.2) is 42.5 Å². The van der Waals surface area contributed by atoms with Gasteiger partial charge < -0.3 is 10.1 Å². The zero-order valence-electron chi connectivity index (χ0n) is 11.5. The fourth-order valence-corrected chi connectivity index (χ4v) is 2.11. The zero-order valence-corrected chi connectivity index (χ0v) is 13.0. The molecular formula is C15H10Cl2F3NO2. The minimum Gasteiger partial charge on any atom is -0.482 e. The second-order valence-electron chi connectivity index (χ2n) is 4.45. The van der Waals surface area contributed by atoms with Crippen LogP contribution in [-0.4, -0.2) is 12.5 Å². The number of para-hydroxylation sites is 1. The Morgan fingerprint density at radius 2 is 1.83 bits per heavy atom. The van der Waals surface area contributed by atoms with Crippen LogP contribution in [0.25, 0.3) is 0 Å². The lowest BCUT2D eigenvalue weighted by atomic mass is 10.1. The fourth-order valence-electron chi connectivity index (χ4n) is 1.75. The lowest BCUT2D eigenvalue weighted by Crippen LogP contribution is -2.22. The number of rotatable bonds is 4. The van der Waals surface area contributed by atoms with Gasteiger partial charge in [-0.15, -0.1) is 0 Å². The van der Waals surface area contributed by atoms with Gasteiger partial charge in [0.15, 0.2) is 6.61 Å². The Labute approximate surface area is 140 Å². The smallest absolute Gasteiger partial charge is 0.418 e. The van der Waals surface area contributed by atoms with Gasteiger partial charge >= 0.3 is 6.18 Å². The Hall–Kier alpha value is -1.92. The predicted octanol–water partition coefficient (Wildman–Crippen LogP) is 5.03. The summed E-state index contributed by atoms with van der Waals surface area (Å²) in [5.41, 5.74) is -1.43. The average molecular weight is 364 g/mol. The molecule has 0 aromatic heterocycles. The Bertz CT molecular complexity index is 720. The summed E-state index contributed by atoms with van der Waals surface area (Å²) >= 11 is 11.4. The maximum absolute atomic E-state index is 12.9. The van der Waals surface area contributed by atoms with Crippen molar-refractivity contribution in [3.8, 4) is 5.75 Å². The van der Waals surface area contributed by atoms with Crippen LogP contribution in [-0.2, 0) is 11.0 Å². The van der Waals surface area contributed by atoms with Crippen LogP contribution in [0.3, 0.4) is 0 Å². The molecule has 0 radical (unpaired) electrons. The van der Waals surface area contributed by atoms with E-state index in [-0.39, 0.29) is 10.8 Å². The number of amides is 1. The van der Waals surface area contributed by atoms with Gasteiger partial charge in [-0.3, -0.25) is 4.79 Å². The highest BCUT2D eigenvalue weighted by molar-refractivity contribution is 6.32. The normalized spacial score (nSPS) is 11.2. The van der Waals surface area contributed by atoms with Gasteiger partial charge in [-0.05, 0) is 30.3 Å². The molecule has 0 saturated carbocycles. The van der Waals surface area contributed by atoms with Crippen LogP contribution < -0.4 is 10.1 Å². The van der Waals surface area contributed by atoms with Gasteiger partial charge in [-0.1, -0.05) is 35.3 Å². The van der Waals surface area contributed by atoms with Gasteiger partial charge in [-0.25, -0.2) is 0 Å². The molecule has 3 nitrogen and oxygen atoms in total. The number of nitrogens with one attached hydrogen (secondary N) is 1. The number of alkyl halides is 3. The van der Waals surface area contributed by atoms with E-state index in [0.717, 1.165) is 12.1 Å². The van der Waals surface area contributed by atoms with Crippen molar-refractivity contribution < 1.29 is 22.7 Å². The lowest BCUT2D eigenvalue weighted by Gasteiger charge is -2.14. The third-order valence-electron chi connectivity index (χ3n) is 2.76. The molecular weight excluding hydrogens is 354 g/mol. The van der Waals surface area contributed by atoms with Crippen molar-refractivity contribution in [2.24, 2.45) is 0 Å². The SMILES string of the molecule is O=C(COc1ccccc1Cl)Nc1ccc(Cl)cc1C(F)(F)F. The number of anilines is 1. The van der Waals surface area contributed by atoms with E-state index in [4.69, 9.17) is 27.9 Å². The van der Waals surface area contributed by atoms with Crippen molar-refractivity contribution in [1.29, 1.82) is 0 Å². The number of benzene rings is 2. The first-order chi connectivity index (χ1) is 10.8. The molecule has 0 aliphatic carbocycles. The molecule has 2 rings (SSSR count). The van der Waals surface area contributed by atoms with Gasteiger partial charge in [0.2, 0.25) is 0 Å². The van der Waals surface area contributed by atoms with E-state index in [0.29, 0.717) is 5.02 Å². The van der Waals surface area contributed by atoms with Gasteiger partial charge in [0.1, 0.15) is 5.75 Å². The van der Waals surface area contributed by atoms with Crippen LogP contribution in [0.4, 0.5) is 18.9 Å². The molecule has 0 unspecified atom stereocenters. The fraction of sp³-hybridized carbons (Fsp3) is 0.133. The van der Waals surface area contributed by atoms with E-state index in [1.54, 1.807) is 24.3 Å². The van der Waals surface area contributed by atoms with E-state index in [2.05, 4.69) is 5.32 Å². The number of halogens is 5. The highest BCUT2D eigenvalue weighted by Crippen LogP contribution is 2.36. The number of ether oxygens (including phenoxy) is 1. The molecule has 0 spiro atoms. The summed E-state index contributed by atoms with van der Waals surface area (Å²) in [6.07, 6.45) is -4.64. The Morgan fingerprint density at radius 1 is 1.13 bits per heavy atom. The molecule has 0 heterocycles. The Morgan fingerprint density at radius 3 is 2.48 bits per heavy atom. The second kappa shape index (κ2) is 7.10. The molecule has 2 aromatic rings. The molecule has 23 heavy (non-hydrogen) atoms. The van der Waals surface area contributed by atoms with Crippen molar-refractivity contribution in [2.75, 3.05) is 11.9 Å². The highest BCUT2D eigenvalue weighted by atomic mass is 35.5. The molecule has 0 saturated heterocycles. The highest BCUT2D eigenvalue weighted by Gasteiger charge is 2.34. The van der Waals surface area contributed by atoms with Crippen molar-refractivity contribution in [1.82, 2.24) is 0 Å². The number of carbonyl (C=O) groups is 1. The molecule has 0 fully saturated rings. The van der Waals surface area contributed by atoms with Gasteiger partial charge in [0, 0.05) is 5.02 Å². The van der Waals surface area contributed by atoms with Gasteiger partial charge in [0.05, 0.1) is 16.3 Å². The summed E-state index contributed by atoms with van der Waals surface area (Å²) in [6, 6.07) is 9.51. The molecule has 0 bridgehead atoms. The molecule has 1 N–H and O–H groups in total. The molecule has 0 aliphatic heterocycles. The first kappa shape index (κ1) is 17.4. The molecule has 0 aliphatic rings. The van der Waals surface area contributed by atoms with Crippen LogP contribution >= 0.6 is 23.2 Å². The van der Waals surface area contributed by atoms with Crippen LogP contribution in [0.2, 0.25) is 10.0 Å². The van der Waals surface area contributed by atoms with E-state index in [9.17, 15) is 18.0 Å². The second-order valence-corrected chi connectivity index (χ2v) is 5.30. The maximum Gasteiger partial charge on any atom is 0.418 e. The van der Waals surface area contributed by atoms with E-state index >= 15 is 0 Å². The summed E-state index contributed by atoms with van der Waals surface area (Å²) in [7, 11) is 0. The van der Waals surface area contributed by atoms with E-state index in [1.807, 2.05) is 0 Å². The first-order valence-corrected chi connectivity index (χ1v) is 7.07. The third-order valence-corrected chi connectivity index (χ3v) is 3.30. The molecule has 122 valence electrons. The Kier molecular flexibility index (Phi) is 5.38. The molecule has 1 amide bonds. The van der Waals surface area contributed by atoms with Crippen molar-refractivity contribution >= 4 is 34.8 Å². The van der Waals surface area contributed by atoms with E-state index in [1.165, 1.54) is 6.07 Å². The Balaban J connectivity index is 2.08. The van der Waals surface area contributed by atoms with Crippen LogP contribution in [0, 0.1) is 0 Å². The summed E-state index contributed by atoms with van der Waals surface area (Å²) in [4.78, 5) is 11.8. The van der Waals surface area contributed by atoms with Crippen molar-refractivity contribution in [3.05, 3.63) is 58.1 Å². The van der Waals surface area contributed by atoms with Crippen molar-refractivity contribution in [2.45, 2.75) is 6.18 Å². The largest absolute Gasteiger partial charge is 0.482 e. The van der Waals surface area contributed by atoms with Crippen LogP contribution in [0.1, 0.15) is 5.56 Å². The van der Waals surface area contributed by atoms with Gasteiger partial charge in [0.25, 0.3) is 5.91 Å². The van der Waals surface area contributed by atoms with Gasteiger partial charge in [-0.2, -0.15) is 13.2 Å². The minimum absolute atomic E-state index is 0.0809. The lowest BCUT2D eigenvalue weighted by molar-refractivity contribution is -0.137.